The Bertz CT molecular complexity index is 905. The number of allylic oxidation sites excluding steroid dienone is 1. The molecule has 0 saturated heterocycles. The van der Waals surface area contributed by atoms with Gasteiger partial charge in [-0.25, -0.2) is 0 Å². The number of hydrogen-bond acceptors (Lipinski definition) is 3. The lowest BCUT2D eigenvalue weighted by Gasteiger charge is -2.17. The van der Waals surface area contributed by atoms with Crippen molar-refractivity contribution in [1.29, 1.82) is 0 Å². The molecule has 0 heterocycles. The van der Waals surface area contributed by atoms with Crippen LogP contribution in [-0.2, 0) is 0 Å². The third-order valence-electron chi connectivity index (χ3n) is 4.63. The maximum atomic E-state index is 9.70. The molecule has 3 aromatic rings. The monoisotopic (exact) mass is 360 g/mol. The molecule has 138 valence electrons. The van der Waals surface area contributed by atoms with Crippen molar-refractivity contribution in [2.45, 2.75) is 13.3 Å². The van der Waals surface area contributed by atoms with Crippen LogP contribution in [0.2, 0.25) is 0 Å². The first-order valence-corrected chi connectivity index (χ1v) is 8.97. The van der Waals surface area contributed by atoms with Crippen molar-refractivity contribution in [3.63, 3.8) is 0 Å². The summed E-state index contributed by atoms with van der Waals surface area (Å²) in [4.78, 5) is 0. The third-order valence-corrected chi connectivity index (χ3v) is 4.63. The molecule has 0 amide bonds. The van der Waals surface area contributed by atoms with Crippen molar-refractivity contribution in [3.05, 3.63) is 89.5 Å². The van der Waals surface area contributed by atoms with Gasteiger partial charge in [0.15, 0.2) is 0 Å². The minimum atomic E-state index is 0.260. The lowest BCUT2D eigenvalue weighted by molar-refractivity contribution is 0.414. The van der Waals surface area contributed by atoms with E-state index < -0.39 is 0 Å². The van der Waals surface area contributed by atoms with Gasteiger partial charge in [0.2, 0.25) is 0 Å². The average Bonchev–Trinajstić information content (AvgIpc) is 2.73. The van der Waals surface area contributed by atoms with Crippen molar-refractivity contribution < 1.29 is 14.6 Å². The standard InChI is InChI=1S/C24H24O3/c1-4-23(17-7-13-21(26-2)14-8-17)24(18-5-11-20(25)12-6-18)19-9-15-22(27-3)16-10-19/h5-16,25H,4H2,1-3H3/b24-23+. The minimum absolute atomic E-state index is 0.260. The molecule has 3 aromatic carbocycles. The Morgan fingerprint density at radius 1 is 0.667 bits per heavy atom. The van der Waals surface area contributed by atoms with E-state index in [2.05, 4.69) is 31.2 Å². The molecule has 27 heavy (non-hydrogen) atoms. The molecule has 0 saturated carbocycles. The summed E-state index contributed by atoms with van der Waals surface area (Å²) in [5.74, 6) is 1.92. The predicted molar refractivity (Wildman–Crippen MR) is 110 cm³/mol. The van der Waals surface area contributed by atoms with Gasteiger partial charge >= 0.3 is 0 Å². The zero-order chi connectivity index (χ0) is 19.2. The van der Waals surface area contributed by atoms with Crippen LogP contribution in [0.1, 0.15) is 30.0 Å². The minimum Gasteiger partial charge on any atom is -0.508 e. The number of aromatic hydroxyl groups is 1. The first-order chi connectivity index (χ1) is 13.2. The molecule has 0 aliphatic rings. The Hall–Kier alpha value is -3.20. The van der Waals surface area contributed by atoms with Gasteiger partial charge in [-0.3, -0.25) is 0 Å². The molecule has 0 aliphatic heterocycles. The van der Waals surface area contributed by atoms with Crippen LogP contribution in [0, 0.1) is 0 Å². The number of benzene rings is 3. The Morgan fingerprint density at radius 2 is 1.07 bits per heavy atom. The summed E-state index contributed by atoms with van der Waals surface area (Å²) >= 11 is 0. The molecule has 0 aliphatic carbocycles. The Kier molecular flexibility index (Phi) is 5.82. The molecule has 0 unspecified atom stereocenters. The molecular formula is C24H24O3. The molecule has 3 nitrogen and oxygen atoms in total. The number of methoxy groups -OCH3 is 2. The van der Waals surface area contributed by atoms with Gasteiger partial charge in [0, 0.05) is 0 Å². The Labute approximate surface area is 160 Å². The van der Waals surface area contributed by atoms with Crippen LogP contribution in [0.5, 0.6) is 17.2 Å². The number of ether oxygens (including phenoxy) is 2. The highest BCUT2D eigenvalue weighted by atomic mass is 16.5. The highest BCUT2D eigenvalue weighted by Crippen LogP contribution is 2.36. The van der Waals surface area contributed by atoms with Gasteiger partial charge in [0.1, 0.15) is 17.2 Å². The lowest BCUT2D eigenvalue weighted by Crippen LogP contribution is -1.95. The van der Waals surface area contributed by atoms with Crippen LogP contribution < -0.4 is 9.47 Å². The summed E-state index contributed by atoms with van der Waals surface area (Å²) < 4.78 is 10.6. The topological polar surface area (TPSA) is 38.7 Å². The van der Waals surface area contributed by atoms with E-state index in [0.29, 0.717) is 0 Å². The van der Waals surface area contributed by atoms with Crippen molar-refractivity contribution >= 4 is 11.1 Å². The molecule has 0 radical (unpaired) electrons. The second kappa shape index (κ2) is 8.45. The molecule has 0 spiro atoms. The van der Waals surface area contributed by atoms with Gasteiger partial charge in [0.05, 0.1) is 14.2 Å². The van der Waals surface area contributed by atoms with E-state index in [1.165, 1.54) is 5.57 Å². The molecule has 0 bridgehead atoms. The zero-order valence-electron chi connectivity index (χ0n) is 15.9. The molecule has 0 fully saturated rings. The maximum absolute atomic E-state index is 9.70. The number of phenols is 1. The van der Waals surface area contributed by atoms with E-state index in [4.69, 9.17) is 9.47 Å². The fourth-order valence-corrected chi connectivity index (χ4v) is 3.22. The van der Waals surface area contributed by atoms with Crippen LogP contribution in [0.4, 0.5) is 0 Å². The van der Waals surface area contributed by atoms with Crippen LogP contribution in [0.25, 0.3) is 11.1 Å². The van der Waals surface area contributed by atoms with Crippen molar-refractivity contribution in [2.24, 2.45) is 0 Å². The average molecular weight is 360 g/mol. The Morgan fingerprint density at radius 3 is 1.48 bits per heavy atom. The van der Waals surface area contributed by atoms with Crippen LogP contribution in [-0.4, -0.2) is 19.3 Å². The highest BCUT2D eigenvalue weighted by Gasteiger charge is 2.13. The SMILES string of the molecule is CC/C(=C(/c1ccc(O)cc1)c1ccc(OC)cc1)c1ccc(OC)cc1. The molecule has 0 atom stereocenters. The molecule has 1 N–H and O–H groups in total. The summed E-state index contributed by atoms with van der Waals surface area (Å²) in [5.41, 5.74) is 5.69. The molecular weight excluding hydrogens is 336 g/mol. The summed E-state index contributed by atoms with van der Waals surface area (Å²) in [6.45, 7) is 2.16. The van der Waals surface area contributed by atoms with Gasteiger partial charge in [-0.05, 0) is 70.7 Å². The van der Waals surface area contributed by atoms with Crippen molar-refractivity contribution in [3.8, 4) is 17.2 Å². The van der Waals surface area contributed by atoms with E-state index in [1.54, 1.807) is 26.4 Å². The summed E-state index contributed by atoms with van der Waals surface area (Å²) in [6, 6.07) is 23.6. The second-order valence-electron chi connectivity index (χ2n) is 6.21. The maximum Gasteiger partial charge on any atom is 0.118 e. The first kappa shape index (κ1) is 18.6. The third kappa shape index (κ3) is 4.14. The van der Waals surface area contributed by atoms with Crippen molar-refractivity contribution in [2.75, 3.05) is 14.2 Å². The van der Waals surface area contributed by atoms with Gasteiger partial charge in [-0.15, -0.1) is 0 Å². The van der Waals surface area contributed by atoms with E-state index in [0.717, 1.165) is 40.2 Å². The molecule has 3 rings (SSSR count). The first-order valence-electron chi connectivity index (χ1n) is 8.97. The van der Waals surface area contributed by atoms with Crippen LogP contribution in [0.3, 0.4) is 0 Å². The summed E-state index contributed by atoms with van der Waals surface area (Å²) in [7, 11) is 3.34. The number of phenolic OH excluding ortho intramolecular Hbond substituents is 1. The Balaban J connectivity index is 2.20. The van der Waals surface area contributed by atoms with Gasteiger partial charge in [0.25, 0.3) is 0 Å². The fraction of sp³-hybridized carbons (Fsp3) is 0.167. The van der Waals surface area contributed by atoms with Crippen LogP contribution in [0.15, 0.2) is 72.8 Å². The molecule has 0 aromatic heterocycles. The van der Waals surface area contributed by atoms with Gasteiger partial charge < -0.3 is 14.6 Å². The van der Waals surface area contributed by atoms with Gasteiger partial charge in [-0.2, -0.15) is 0 Å². The van der Waals surface area contributed by atoms with Crippen LogP contribution >= 0.6 is 0 Å². The highest BCUT2D eigenvalue weighted by molar-refractivity contribution is 5.98. The number of hydrogen-bond donors (Lipinski definition) is 1. The number of rotatable bonds is 6. The largest absolute Gasteiger partial charge is 0.508 e. The van der Waals surface area contributed by atoms with E-state index in [-0.39, 0.29) is 5.75 Å². The van der Waals surface area contributed by atoms with Crippen molar-refractivity contribution in [1.82, 2.24) is 0 Å². The smallest absolute Gasteiger partial charge is 0.118 e. The predicted octanol–water partition coefficient (Wildman–Crippen LogP) is 5.78. The lowest BCUT2D eigenvalue weighted by atomic mass is 9.88. The van der Waals surface area contributed by atoms with Gasteiger partial charge in [-0.1, -0.05) is 43.3 Å². The zero-order valence-corrected chi connectivity index (χ0v) is 15.9. The second-order valence-corrected chi connectivity index (χ2v) is 6.21. The van der Waals surface area contributed by atoms with E-state index in [9.17, 15) is 5.11 Å². The van der Waals surface area contributed by atoms with E-state index in [1.807, 2.05) is 36.4 Å². The summed E-state index contributed by atoms with van der Waals surface area (Å²) in [6.07, 6.45) is 0.870. The fourth-order valence-electron chi connectivity index (χ4n) is 3.22. The summed E-state index contributed by atoms with van der Waals surface area (Å²) in [5, 5.41) is 9.70. The molecule has 3 heteroatoms. The van der Waals surface area contributed by atoms with E-state index >= 15 is 0 Å². The quantitative estimate of drug-likeness (QED) is 0.566. The normalized spacial score (nSPS) is 11.7.